The van der Waals surface area contributed by atoms with Gasteiger partial charge in [0.25, 0.3) is 0 Å². The molecular weight excluding hydrogens is 214 g/mol. The van der Waals surface area contributed by atoms with Gasteiger partial charge in [-0.1, -0.05) is 6.92 Å². The first-order chi connectivity index (χ1) is 7.08. The molecule has 1 fully saturated rings. The Kier molecular flexibility index (Phi) is 4.45. The van der Waals surface area contributed by atoms with E-state index < -0.39 is 5.97 Å². The highest BCUT2D eigenvalue weighted by molar-refractivity contribution is 8.00. The van der Waals surface area contributed by atoms with Gasteiger partial charge in [-0.2, -0.15) is 0 Å². The minimum Gasteiger partial charge on any atom is -0.481 e. The molecule has 86 valence electrons. The van der Waals surface area contributed by atoms with Crippen molar-refractivity contribution >= 4 is 23.6 Å². The van der Waals surface area contributed by atoms with Crippen LogP contribution in [0, 0.1) is 0 Å². The number of carbonyl (C=O) groups excluding carboxylic acids is 1. The lowest BCUT2D eigenvalue weighted by Crippen LogP contribution is -2.53. The maximum Gasteiger partial charge on any atom is 0.313 e. The zero-order valence-corrected chi connectivity index (χ0v) is 9.73. The number of nitrogens with one attached hydrogen (secondary N) is 1. The summed E-state index contributed by atoms with van der Waals surface area (Å²) in [6.07, 6.45) is 4.25. The number of hydrogen-bond acceptors (Lipinski definition) is 3. The van der Waals surface area contributed by atoms with Gasteiger partial charge in [-0.15, -0.1) is 11.8 Å². The summed E-state index contributed by atoms with van der Waals surface area (Å²) in [5, 5.41) is 11.4. The minimum absolute atomic E-state index is 0.00740. The van der Waals surface area contributed by atoms with Crippen LogP contribution >= 0.6 is 11.8 Å². The van der Waals surface area contributed by atoms with Gasteiger partial charge in [-0.25, -0.2) is 0 Å². The monoisotopic (exact) mass is 231 g/mol. The van der Waals surface area contributed by atoms with Gasteiger partial charge in [0.1, 0.15) is 0 Å². The lowest BCUT2D eigenvalue weighted by atomic mass is 9.75. The van der Waals surface area contributed by atoms with Crippen molar-refractivity contribution in [2.24, 2.45) is 0 Å². The summed E-state index contributed by atoms with van der Waals surface area (Å²) < 4.78 is 0. The molecule has 0 aromatic heterocycles. The highest BCUT2D eigenvalue weighted by Gasteiger charge is 2.36. The van der Waals surface area contributed by atoms with Gasteiger partial charge in [0.05, 0.1) is 11.5 Å². The molecule has 5 heteroatoms. The van der Waals surface area contributed by atoms with Crippen molar-refractivity contribution in [2.45, 2.75) is 38.1 Å². The Morgan fingerprint density at radius 3 is 2.47 bits per heavy atom. The van der Waals surface area contributed by atoms with Crippen LogP contribution < -0.4 is 5.32 Å². The highest BCUT2D eigenvalue weighted by Crippen LogP contribution is 2.34. The summed E-state index contributed by atoms with van der Waals surface area (Å²) in [6.45, 7) is 2.07. The van der Waals surface area contributed by atoms with E-state index in [0.29, 0.717) is 0 Å². The first kappa shape index (κ1) is 12.4. The normalized spacial score (nSPS) is 17.9. The van der Waals surface area contributed by atoms with Gasteiger partial charge in [0, 0.05) is 5.54 Å². The van der Waals surface area contributed by atoms with Crippen molar-refractivity contribution in [2.75, 3.05) is 11.5 Å². The Labute approximate surface area is 93.8 Å². The second-order valence-corrected chi connectivity index (χ2v) is 4.91. The van der Waals surface area contributed by atoms with Crippen LogP contribution in [0.2, 0.25) is 0 Å². The molecular formula is C10H17NO3S. The summed E-state index contributed by atoms with van der Waals surface area (Å²) in [6, 6.07) is 0. The molecule has 0 aromatic rings. The Morgan fingerprint density at radius 1 is 1.40 bits per heavy atom. The SMILES string of the molecule is CCC1(NC(=O)CSCC(=O)O)CCC1. The van der Waals surface area contributed by atoms with E-state index in [-0.39, 0.29) is 23.0 Å². The Balaban J connectivity index is 2.20. The molecule has 0 bridgehead atoms. The molecule has 1 rings (SSSR count). The minimum atomic E-state index is -0.873. The predicted molar refractivity (Wildman–Crippen MR) is 60.0 cm³/mol. The van der Waals surface area contributed by atoms with E-state index in [2.05, 4.69) is 12.2 Å². The van der Waals surface area contributed by atoms with Crippen molar-refractivity contribution in [3.63, 3.8) is 0 Å². The third-order valence-electron chi connectivity index (χ3n) is 2.85. The molecule has 0 saturated heterocycles. The Hall–Kier alpha value is -0.710. The molecule has 0 heterocycles. The molecule has 1 amide bonds. The summed E-state index contributed by atoms with van der Waals surface area (Å²) >= 11 is 1.14. The van der Waals surface area contributed by atoms with Crippen LogP contribution in [-0.4, -0.2) is 34.0 Å². The number of amides is 1. The van der Waals surface area contributed by atoms with E-state index in [4.69, 9.17) is 5.11 Å². The molecule has 15 heavy (non-hydrogen) atoms. The fourth-order valence-electron chi connectivity index (χ4n) is 1.73. The summed E-state index contributed by atoms with van der Waals surface area (Å²) in [5.41, 5.74) is 0.0147. The Morgan fingerprint density at radius 2 is 2.07 bits per heavy atom. The largest absolute Gasteiger partial charge is 0.481 e. The molecule has 0 unspecified atom stereocenters. The van der Waals surface area contributed by atoms with Crippen molar-refractivity contribution in [3.8, 4) is 0 Å². The second kappa shape index (κ2) is 5.39. The fraction of sp³-hybridized carbons (Fsp3) is 0.800. The molecule has 0 atom stereocenters. The average Bonchev–Trinajstić information content (AvgIpc) is 2.11. The number of carbonyl (C=O) groups is 2. The zero-order valence-electron chi connectivity index (χ0n) is 8.91. The summed E-state index contributed by atoms with van der Waals surface area (Å²) in [5.74, 6) is -0.676. The summed E-state index contributed by atoms with van der Waals surface area (Å²) in [7, 11) is 0. The number of hydrogen-bond donors (Lipinski definition) is 2. The van der Waals surface area contributed by atoms with Crippen molar-refractivity contribution < 1.29 is 14.7 Å². The maximum absolute atomic E-state index is 11.5. The van der Waals surface area contributed by atoms with Crippen LogP contribution in [0.3, 0.4) is 0 Å². The third-order valence-corrected chi connectivity index (χ3v) is 3.77. The molecule has 1 aliphatic rings. The van der Waals surface area contributed by atoms with Gasteiger partial charge in [0.2, 0.25) is 5.91 Å². The van der Waals surface area contributed by atoms with Gasteiger partial charge < -0.3 is 10.4 Å². The number of carboxylic acids is 1. The zero-order chi connectivity index (χ0) is 11.3. The predicted octanol–water partition coefficient (Wildman–Crippen LogP) is 1.25. The topological polar surface area (TPSA) is 66.4 Å². The lowest BCUT2D eigenvalue weighted by molar-refractivity contribution is -0.133. The average molecular weight is 231 g/mol. The van der Waals surface area contributed by atoms with Crippen molar-refractivity contribution in [1.29, 1.82) is 0 Å². The number of thioether (sulfide) groups is 1. The van der Waals surface area contributed by atoms with E-state index in [1.54, 1.807) is 0 Å². The molecule has 4 nitrogen and oxygen atoms in total. The van der Waals surface area contributed by atoms with Gasteiger partial charge in [-0.3, -0.25) is 9.59 Å². The first-order valence-corrected chi connectivity index (χ1v) is 6.34. The van der Waals surface area contributed by atoms with Crippen LogP contribution in [0.1, 0.15) is 32.6 Å². The summed E-state index contributed by atoms with van der Waals surface area (Å²) in [4.78, 5) is 21.7. The first-order valence-electron chi connectivity index (χ1n) is 5.18. The smallest absolute Gasteiger partial charge is 0.313 e. The fourth-order valence-corrected chi connectivity index (χ4v) is 2.27. The van der Waals surface area contributed by atoms with E-state index in [9.17, 15) is 9.59 Å². The van der Waals surface area contributed by atoms with Crippen LogP contribution in [-0.2, 0) is 9.59 Å². The molecule has 0 spiro atoms. The molecule has 0 radical (unpaired) electrons. The number of carboxylic acid groups (broad SMARTS) is 1. The molecule has 0 aromatic carbocycles. The van der Waals surface area contributed by atoms with Crippen LogP contribution in [0.5, 0.6) is 0 Å². The highest BCUT2D eigenvalue weighted by atomic mass is 32.2. The van der Waals surface area contributed by atoms with Crippen molar-refractivity contribution in [3.05, 3.63) is 0 Å². The number of rotatable bonds is 6. The van der Waals surface area contributed by atoms with Crippen molar-refractivity contribution in [1.82, 2.24) is 5.32 Å². The van der Waals surface area contributed by atoms with Crippen LogP contribution in [0.25, 0.3) is 0 Å². The lowest BCUT2D eigenvalue weighted by Gasteiger charge is -2.42. The van der Waals surface area contributed by atoms with Gasteiger partial charge in [0.15, 0.2) is 0 Å². The van der Waals surface area contributed by atoms with Crippen LogP contribution in [0.15, 0.2) is 0 Å². The third kappa shape index (κ3) is 3.74. The standard InChI is InChI=1S/C10H17NO3S/c1-2-10(4-3-5-10)11-8(12)6-15-7-9(13)14/h2-7H2,1H3,(H,11,12)(H,13,14). The van der Waals surface area contributed by atoms with E-state index >= 15 is 0 Å². The van der Waals surface area contributed by atoms with Gasteiger partial charge >= 0.3 is 5.97 Å². The maximum atomic E-state index is 11.5. The molecule has 1 saturated carbocycles. The van der Waals surface area contributed by atoms with E-state index in [0.717, 1.165) is 31.0 Å². The van der Waals surface area contributed by atoms with Crippen LogP contribution in [0.4, 0.5) is 0 Å². The number of aliphatic carboxylic acids is 1. The van der Waals surface area contributed by atoms with E-state index in [1.807, 2.05) is 0 Å². The quantitative estimate of drug-likeness (QED) is 0.722. The molecule has 0 aliphatic heterocycles. The van der Waals surface area contributed by atoms with Gasteiger partial charge in [-0.05, 0) is 25.7 Å². The molecule has 2 N–H and O–H groups in total. The Bertz CT molecular complexity index is 246. The molecule has 1 aliphatic carbocycles. The second-order valence-electron chi connectivity index (χ2n) is 3.92. The van der Waals surface area contributed by atoms with E-state index in [1.165, 1.54) is 6.42 Å².